The first-order valence-corrected chi connectivity index (χ1v) is 9.34. The molecule has 3 rings (SSSR count). The number of rotatable bonds is 4. The number of allylic oxidation sites excluding steroid dienone is 1. The molecule has 1 aromatic carbocycles. The number of anilines is 1. The number of carbonyl (C=O) groups is 3. The maximum absolute atomic E-state index is 15.3. The van der Waals surface area contributed by atoms with Crippen molar-refractivity contribution in [2.75, 3.05) is 32.1 Å². The van der Waals surface area contributed by atoms with Crippen molar-refractivity contribution in [3.8, 4) is 0 Å². The minimum atomic E-state index is -0.869. The van der Waals surface area contributed by atoms with Crippen molar-refractivity contribution in [1.29, 1.82) is 0 Å². The smallest absolute Gasteiger partial charge is 0.414 e. The molecule has 2 aliphatic rings. The zero-order valence-corrected chi connectivity index (χ0v) is 16.6. The zero-order valence-electron chi connectivity index (χ0n) is 16.6. The van der Waals surface area contributed by atoms with Crippen molar-refractivity contribution in [2.45, 2.75) is 32.3 Å². The van der Waals surface area contributed by atoms with E-state index < -0.39 is 29.6 Å². The Morgan fingerprint density at radius 2 is 2.07 bits per heavy atom. The summed E-state index contributed by atoms with van der Waals surface area (Å²) in [5, 5.41) is 2.52. The molecule has 1 heterocycles. The maximum atomic E-state index is 15.3. The van der Waals surface area contributed by atoms with Gasteiger partial charge in [0.15, 0.2) is 11.6 Å². The van der Waals surface area contributed by atoms with Crippen LogP contribution in [0.5, 0.6) is 0 Å². The number of nitrogens with one attached hydrogen (secondary N) is 1. The van der Waals surface area contributed by atoms with E-state index in [1.54, 1.807) is 25.2 Å². The number of amides is 2. The van der Waals surface area contributed by atoms with Gasteiger partial charge in [-0.05, 0) is 19.3 Å². The number of halogens is 2. The van der Waals surface area contributed by atoms with Gasteiger partial charge in [0.1, 0.15) is 11.9 Å². The number of ketones is 1. The van der Waals surface area contributed by atoms with E-state index in [-0.39, 0.29) is 42.2 Å². The summed E-state index contributed by atoms with van der Waals surface area (Å²) in [6, 6.07) is 0.868. The lowest BCUT2D eigenvalue weighted by atomic mass is 9.97. The van der Waals surface area contributed by atoms with Gasteiger partial charge >= 0.3 is 6.09 Å². The third-order valence-corrected chi connectivity index (χ3v) is 4.84. The SMILES string of the molecule is CC(=O)NCC1CN(c2cc(F)c3c(c2F)CCCC(=CN(C)C)C3=O)C(=O)O1. The van der Waals surface area contributed by atoms with Crippen LogP contribution in [0, 0.1) is 11.6 Å². The molecule has 1 aliphatic carbocycles. The zero-order chi connectivity index (χ0) is 21.3. The summed E-state index contributed by atoms with van der Waals surface area (Å²) >= 11 is 0. The van der Waals surface area contributed by atoms with Gasteiger partial charge in [0.05, 0.1) is 24.3 Å². The van der Waals surface area contributed by atoms with E-state index in [2.05, 4.69) is 5.32 Å². The summed E-state index contributed by atoms with van der Waals surface area (Å²) in [4.78, 5) is 38.7. The second-order valence-corrected chi connectivity index (χ2v) is 7.40. The molecule has 0 radical (unpaired) electrons. The van der Waals surface area contributed by atoms with E-state index in [0.717, 1.165) is 11.0 Å². The van der Waals surface area contributed by atoms with Crippen molar-refractivity contribution in [3.63, 3.8) is 0 Å². The molecule has 9 heteroatoms. The fourth-order valence-corrected chi connectivity index (χ4v) is 3.59. The molecule has 29 heavy (non-hydrogen) atoms. The Balaban J connectivity index is 1.95. The van der Waals surface area contributed by atoms with Crippen LogP contribution in [-0.4, -0.2) is 56.0 Å². The molecule has 1 aromatic rings. The molecule has 0 spiro atoms. The van der Waals surface area contributed by atoms with Gasteiger partial charge in [-0.1, -0.05) is 0 Å². The lowest BCUT2D eigenvalue weighted by molar-refractivity contribution is -0.119. The van der Waals surface area contributed by atoms with E-state index in [1.807, 2.05) is 0 Å². The molecular formula is C20H23F2N3O4. The van der Waals surface area contributed by atoms with Gasteiger partial charge in [-0.15, -0.1) is 0 Å². The highest BCUT2D eigenvalue weighted by Crippen LogP contribution is 2.35. The quantitative estimate of drug-likeness (QED) is 0.613. The second kappa shape index (κ2) is 8.18. The molecule has 0 aromatic heterocycles. The van der Waals surface area contributed by atoms with E-state index >= 15 is 4.39 Å². The van der Waals surface area contributed by atoms with Crippen LogP contribution in [0.25, 0.3) is 0 Å². The minimum Gasteiger partial charge on any atom is -0.442 e. The molecule has 1 N–H and O–H groups in total. The molecule has 1 fully saturated rings. The number of Topliss-reactive ketones (excluding diaryl/α,β-unsaturated/α-hetero) is 1. The Hall–Kier alpha value is -2.97. The number of hydrogen-bond acceptors (Lipinski definition) is 5. The summed E-state index contributed by atoms with van der Waals surface area (Å²) in [5.74, 6) is -2.49. The van der Waals surface area contributed by atoms with Gasteiger partial charge in [0.2, 0.25) is 5.91 Å². The van der Waals surface area contributed by atoms with E-state index in [4.69, 9.17) is 4.74 Å². The first-order chi connectivity index (χ1) is 13.7. The van der Waals surface area contributed by atoms with Crippen LogP contribution in [0.3, 0.4) is 0 Å². The molecule has 7 nitrogen and oxygen atoms in total. The van der Waals surface area contributed by atoms with Crippen molar-refractivity contribution >= 4 is 23.5 Å². The average molecular weight is 407 g/mol. The van der Waals surface area contributed by atoms with Crippen molar-refractivity contribution in [1.82, 2.24) is 10.2 Å². The molecule has 1 unspecified atom stereocenters. The van der Waals surface area contributed by atoms with Gasteiger partial charge in [0.25, 0.3) is 0 Å². The maximum Gasteiger partial charge on any atom is 0.414 e. The number of carbonyl (C=O) groups excluding carboxylic acids is 3. The average Bonchev–Trinajstić information content (AvgIpc) is 2.92. The Labute approximate surface area is 167 Å². The summed E-state index contributed by atoms with van der Waals surface area (Å²) < 4.78 is 35.3. The highest BCUT2D eigenvalue weighted by Gasteiger charge is 2.37. The highest BCUT2D eigenvalue weighted by atomic mass is 19.1. The Morgan fingerprint density at radius 3 is 2.72 bits per heavy atom. The van der Waals surface area contributed by atoms with Gasteiger partial charge in [-0.3, -0.25) is 14.5 Å². The summed E-state index contributed by atoms with van der Waals surface area (Å²) in [7, 11) is 3.50. The summed E-state index contributed by atoms with van der Waals surface area (Å²) in [6.45, 7) is 1.36. The number of benzene rings is 1. The number of fused-ring (bicyclic) bond motifs is 1. The third-order valence-electron chi connectivity index (χ3n) is 4.84. The van der Waals surface area contributed by atoms with Crippen LogP contribution in [0.4, 0.5) is 19.3 Å². The second-order valence-electron chi connectivity index (χ2n) is 7.40. The monoisotopic (exact) mass is 407 g/mol. The lowest BCUT2D eigenvalue weighted by Gasteiger charge is -2.18. The Bertz CT molecular complexity index is 898. The topological polar surface area (TPSA) is 79.0 Å². The number of ether oxygens (including phenoxy) is 1. The predicted octanol–water partition coefficient (Wildman–Crippen LogP) is 2.39. The van der Waals surface area contributed by atoms with Crippen LogP contribution < -0.4 is 10.2 Å². The van der Waals surface area contributed by atoms with Crippen molar-refractivity contribution < 1.29 is 27.9 Å². The lowest BCUT2D eigenvalue weighted by Crippen LogP contribution is -2.33. The highest BCUT2D eigenvalue weighted by molar-refractivity contribution is 6.10. The standard InChI is InChI=1S/C20H23F2N3O4/c1-11(26)23-8-13-10-25(20(28)29-13)16-7-15(21)17-14(18(16)22)6-4-5-12(19(17)27)9-24(2)3/h7,9,13H,4-6,8,10H2,1-3H3,(H,23,26). The predicted molar refractivity (Wildman–Crippen MR) is 102 cm³/mol. The molecule has 0 bridgehead atoms. The molecule has 156 valence electrons. The molecule has 1 atom stereocenters. The Morgan fingerprint density at radius 1 is 1.34 bits per heavy atom. The summed E-state index contributed by atoms with van der Waals surface area (Å²) in [6.07, 6.45) is 1.18. The van der Waals surface area contributed by atoms with Crippen molar-refractivity contribution in [2.24, 2.45) is 0 Å². The number of hydrogen-bond donors (Lipinski definition) is 1. The van der Waals surface area contributed by atoms with Crippen molar-refractivity contribution in [3.05, 3.63) is 40.6 Å². The fourth-order valence-electron chi connectivity index (χ4n) is 3.59. The fraction of sp³-hybridized carbons (Fsp3) is 0.450. The van der Waals surface area contributed by atoms with Crippen LogP contribution in [-0.2, 0) is 16.0 Å². The van der Waals surface area contributed by atoms with Gasteiger partial charge < -0.3 is 15.0 Å². The Kier molecular flexibility index (Phi) is 5.86. The van der Waals surface area contributed by atoms with Crippen LogP contribution >= 0.6 is 0 Å². The van der Waals surface area contributed by atoms with E-state index in [9.17, 15) is 18.8 Å². The van der Waals surface area contributed by atoms with E-state index in [1.165, 1.54) is 6.92 Å². The van der Waals surface area contributed by atoms with Gasteiger partial charge in [-0.25, -0.2) is 13.6 Å². The number of cyclic esters (lactones) is 1. The summed E-state index contributed by atoms with van der Waals surface area (Å²) in [5.41, 5.74) is -0.148. The van der Waals surface area contributed by atoms with Crippen LogP contribution in [0.1, 0.15) is 35.7 Å². The van der Waals surface area contributed by atoms with Gasteiger partial charge in [0, 0.05) is 44.4 Å². The molecule has 1 saturated heterocycles. The molecular weight excluding hydrogens is 384 g/mol. The first-order valence-electron chi connectivity index (χ1n) is 9.34. The third kappa shape index (κ3) is 4.23. The number of nitrogens with zero attached hydrogens (tertiary/aromatic N) is 2. The largest absolute Gasteiger partial charge is 0.442 e. The van der Waals surface area contributed by atoms with Crippen LogP contribution in [0.2, 0.25) is 0 Å². The molecule has 1 aliphatic heterocycles. The molecule has 2 amide bonds. The first kappa shape index (κ1) is 20.8. The van der Waals surface area contributed by atoms with Crippen LogP contribution in [0.15, 0.2) is 17.8 Å². The minimum absolute atomic E-state index is 0.0229. The molecule has 0 saturated carbocycles. The van der Waals surface area contributed by atoms with Gasteiger partial charge in [-0.2, -0.15) is 0 Å². The van der Waals surface area contributed by atoms with E-state index in [0.29, 0.717) is 18.4 Å². The normalized spacial score (nSPS) is 20.4.